The van der Waals surface area contributed by atoms with Crippen molar-refractivity contribution in [3.8, 4) is 0 Å². The molecule has 0 amide bonds. The molecule has 0 spiro atoms. The summed E-state index contributed by atoms with van der Waals surface area (Å²) in [5.74, 6) is 0. The van der Waals surface area contributed by atoms with Crippen molar-refractivity contribution in [3.05, 3.63) is 102 Å². The second kappa shape index (κ2) is 7.81. The first kappa shape index (κ1) is 17.6. The molecule has 0 aliphatic heterocycles. The predicted octanol–water partition coefficient (Wildman–Crippen LogP) is 5.34. The molecule has 0 unspecified atom stereocenters. The smallest absolute Gasteiger partial charge is 0.0739 e. The summed E-state index contributed by atoms with van der Waals surface area (Å²) >= 11 is 0. The first-order valence-corrected chi connectivity index (χ1v) is 10.8. The maximum atomic E-state index is 2.31. The summed E-state index contributed by atoms with van der Waals surface area (Å²) in [6, 6.07) is 33.3. The highest BCUT2D eigenvalue weighted by molar-refractivity contribution is 7.95. The van der Waals surface area contributed by atoms with E-state index in [0.717, 1.165) is 6.16 Å². The zero-order valence-electron chi connectivity index (χ0n) is 15.3. The lowest BCUT2D eigenvalue weighted by molar-refractivity contribution is 1.23. The molecule has 0 N–H and O–H groups in total. The monoisotopic (exact) mass is 345 g/mol. The van der Waals surface area contributed by atoms with Crippen molar-refractivity contribution < 1.29 is 0 Å². The minimum atomic E-state index is -1.72. The molecule has 3 aromatic carbocycles. The van der Waals surface area contributed by atoms with E-state index in [2.05, 4.69) is 112 Å². The van der Waals surface area contributed by atoms with Gasteiger partial charge in [0.15, 0.2) is 0 Å². The Bertz CT molecular complexity index is 732. The number of benzene rings is 3. The molecular weight excluding hydrogens is 319 g/mol. The van der Waals surface area contributed by atoms with Crippen molar-refractivity contribution in [1.82, 2.24) is 0 Å². The van der Waals surface area contributed by atoms with Gasteiger partial charge in [-0.3, -0.25) is 0 Å². The van der Waals surface area contributed by atoms with Crippen LogP contribution in [0.2, 0.25) is 0 Å². The van der Waals surface area contributed by atoms with Crippen LogP contribution in [0.15, 0.2) is 102 Å². The van der Waals surface area contributed by atoms with Crippen LogP contribution in [0, 0.1) is 0 Å². The van der Waals surface area contributed by atoms with Crippen molar-refractivity contribution in [2.24, 2.45) is 0 Å². The fourth-order valence-electron chi connectivity index (χ4n) is 3.28. The van der Waals surface area contributed by atoms with Gasteiger partial charge in [0.25, 0.3) is 0 Å². The van der Waals surface area contributed by atoms with Gasteiger partial charge in [0.2, 0.25) is 0 Å². The molecule has 0 saturated carbocycles. The first-order valence-electron chi connectivity index (χ1n) is 8.82. The molecule has 25 heavy (non-hydrogen) atoms. The lowest BCUT2D eigenvalue weighted by Crippen LogP contribution is -2.33. The van der Waals surface area contributed by atoms with Crippen molar-refractivity contribution in [3.63, 3.8) is 0 Å². The average Bonchev–Trinajstić information content (AvgIpc) is 2.68. The van der Waals surface area contributed by atoms with Gasteiger partial charge >= 0.3 is 0 Å². The van der Waals surface area contributed by atoms with Crippen LogP contribution in [-0.4, -0.2) is 6.16 Å². The van der Waals surface area contributed by atoms with Gasteiger partial charge in [-0.05, 0) is 62.7 Å². The molecule has 1 heteroatoms. The van der Waals surface area contributed by atoms with E-state index < -0.39 is 7.26 Å². The molecule has 0 saturated heterocycles. The quantitative estimate of drug-likeness (QED) is 0.433. The molecule has 0 nitrogen and oxygen atoms in total. The van der Waals surface area contributed by atoms with Crippen LogP contribution in [0.3, 0.4) is 0 Å². The van der Waals surface area contributed by atoms with Crippen LogP contribution in [0.5, 0.6) is 0 Å². The third-order valence-corrected chi connectivity index (χ3v) is 9.41. The number of hydrogen-bond donors (Lipinski definition) is 0. The van der Waals surface area contributed by atoms with Crippen LogP contribution < -0.4 is 15.9 Å². The molecule has 0 aromatic heterocycles. The third-order valence-electron chi connectivity index (χ3n) is 4.92. The Morgan fingerprint density at radius 3 is 1.16 bits per heavy atom. The van der Waals surface area contributed by atoms with Crippen LogP contribution in [0.4, 0.5) is 0 Å². The second-order valence-corrected chi connectivity index (χ2v) is 10.2. The topological polar surface area (TPSA) is 0 Å². The standard InChI is InChI=1S/C24H26P/c1-20(2)21(3)19-25(22-13-7-4-8-14-22,23-15-9-5-10-16-23)24-17-11-6-12-18-24/h4-18H,19H2,1-3H3/q+1. The summed E-state index contributed by atoms with van der Waals surface area (Å²) in [6.45, 7) is 6.74. The second-order valence-electron chi connectivity index (χ2n) is 6.75. The molecule has 0 fully saturated rings. The van der Waals surface area contributed by atoms with E-state index in [9.17, 15) is 0 Å². The Balaban J connectivity index is 2.34. The zero-order chi connectivity index (χ0) is 17.7. The summed E-state index contributed by atoms with van der Waals surface area (Å²) in [4.78, 5) is 0. The maximum Gasteiger partial charge on any atom is 0.116 e. The Labute approximate surface area is 152 Å². The molecule has 0 aliphatic carbocycles. The lowest BCUT2D eigenvalue weighted by Gasteiger charge is -2.28. The summed E-state index contributed by atoms with van der Waals surface area (Å²) in [5.41, 5.74) is 2.91. The van der Waals surface area contributed by atoms with Gasteiger partial charge in [0, 0.05) is 0 Å². The van der Waals surface area contributed by atoms with Crippen molar-refractivity contribution >= 4 is 23.2 Å². The van der Waals surface area contributed by atoms with Gasteiger partial charge in [0.05, 0.1) is 6.16 Å². The summed E-state index contributed by atoms with van der Waals surface area (Å²) in [6.07, 6.45) is 1.09. The third kappa shape index (κ3) is 3.60. The van der Waals surface area contributed by atoms with Crippen molar-refractivity contribution in [2.75, 3.05) is 6.16 Å². The van der Waals surface area contributed by atoms with Gasteiger partial charge in [-0.15, -0.1) is 0 Å². The van der Waals surface area contributed by atoms with Gasteiger partial charge in [-0.25, -0.2) is 0 Å². The Morgan fingerprint density at radius 2 is 0.880 bits per heavy atom. The number of hydrogen-bond acceptors (Lipinski definition) is 0. The molecule has 0 radical (unpaired) electrons. The maximum absolute atomic E-state index is 2.31. The fourth-order valence-corrected chi connectivity index (χ4v) is 7.80. The molecule has 0 atom stereocenters. The molecule has 3 aromatic rings. The van der Waals surface area contributed by atoms with E-state index in [4.69, 9.17) is 0 Å². The van der Waals surface area contributed by atoms with Crippen LogP contribution >= 0.6 is 7.26 Å². The highest BCUT2D eigenvalue weighted by Gasteiger charge is 2.45. The predicted molar refractivity (Wildman–Crippen MR) is 114 cm³/mol. The van der Waals surface area contributed by atoms with E-state index >= 15 is 0 Å². The van der Waals surface area contributed by atoms with Crippen LogP contribution in [0.25, 0.3) is 0 Å². The molecule has 0 aliphatic rings. The molecule has 3 rings (SSSR count). The summed E-state index contributed by atoms with van der Waals surface area (Å²) < 4.78 is 0. The normalized spacial score (nSPS) is 11.2. The van der Waals surface area contributed by atoms with Gasteiger partial charge in [-0.1, -0.05) is 60.2 Å². The SMILES string of the molecule is CC(C)=C(C)C[P+](c1ccccc1)(c1ccccc1)c1ccccc1. The van der Waals surface area contributed by atoms with Gasteiger partial charge in [0.1, 0.15) is 23.2 Å². The fraction of sp³-hybridized carbons (Fsp3) is 0.167. The van der Waals surface area contributed by atoms with Crippen LogP contribution in [0.1, 0.15) is 20.8 Å². The lowest BCUT2D eigenvalue weighted by atomic mass is 10.2. The largest absolute Gasteiger partial charge is 0.116 e. The van der Waals surface area contributed by atoms with Crippen LogP contribution in [-0.2, 0) is 0 Å². The summed E-state index contributed by atoms with van der Waals surface area (Å²) in [7, 11) is -1.72. The van der Waals surface area contributed by atoms with Gasteiger partial charge < -0.3 is 0 Å². The summed E-state index contributed by atoms with van der Waals surface area (Å²) in [5, 5.41) is 4.36. The van der Waals surface area contributed by atoms with E-state index in [1.165, 1.54) is 27.1 Å². The molecular formula is C24H26P+. The first-order chi connectivity index (χ1) is 12.1. The highest BCUT2D eigenvalue weighted by atomic mass is 31.2. The Morgan fingerprint density at radius 1 is 0.560 bits per heavy atom. The Hall–Kier alpha value is -2.17. The highest BCUT2D eigenvalue weighted by Crippen LogP contribution is 2.56. The van der Waals surface area contributed by atoms with E-state index in [0.29, 0.717) is 0 Å². The van der Waals surface area contributed by atoms with E-state index in [1.54, 1.807) is 0 Å². The van der Waals surface area contributed by atoms with Crippen molar-refractivity contribution in [2.45, 2.75) is 20.8 Å². The van der Waals surface area contributed by atoms with E-state index in [1.807, 2.05) is 0 Å². The minimum absolute atomic E-state index is 1.09. The number of rotatable bonds is 5. The molecule has 126 valence electrons. The van der Waals surface area contributed by atoms with Crippen molar-refractivity contribution in [1.29, 1.82) is 0 Å². The van der Waals surface area contributed by atoms with E-state index in [-0.39, 0.29) is 0 Å². The Kier molecular flexibility index (Phi) is 5.51. The average molecular weight is 345 g/mol. The minimum Gasteiger partial charge on any atom is -0.0739 e. The molecule has 0 bridgehead atoms. The zero-order valence-corrected chi connectivity index (χ0v) is 16.2. The number of allylic oxidation sites excluding steroid dienone is 2. The molecule has 0 heterocycles. The van der Waals surface area contributed by atoms with Gasteiger partial charge in [-0.2, -0.15) is 0 Å².